The fourth-order valence-electron chi connectivity index (χ4n) is 3.07. The van der Waals surface area contributed by atoms with Gasteiger partial charge in [0.25, 0.3) is 0 Å². The SMILES string of the molecule is Nc1ccc2nnc(CN3CCN(c4ccccc4)CC3)n2c1. The summed E-state index contributed by atoms with van der Waals surface area (Å²) in [5, 5.41) is 8.52. The van der Waals surface area contributed by atoms with Gasteiger partial charge in [-0.25, -0.2) is 0 Å². The maximum atomic E-state index is 5.87. The summed E-state index contributed by atoms with van der Waals surface area (Å²) < 4.78 is 1.99. The van der Waals surface area contributed by atoms with E-state index in [1.54, 1.807) is 0 Å². The van der Waals surface area contributed by atoms with Crippen molar-refractivity contribution < 1.29 is 0 Å². The van der Waals surface area contributed by atoms with E-state index in [4.69, 9.17) is 5.73 Å². The summed E-state index contributed by atoms with van der Waals surface area (Å²) >= 11 is 0. The predicted octanol–water partition coefficient (Wildman–Crippen LogP) is 1.63. The second-order valence-corrected chi connectivity index (χ2v) is 5.91. The fraction of sp³-hybridized carbons (Fsp3) is 0.294. The van der Waals surface area contributed by atoms with Gasteiger partial charge in [0.05, 0.1) is 6.54 Å². The molecule has 3 heterocycles. The maximum absolute atomic E-state index is 5.87. The summed E-state index contributed by atoms with van der Waals surface area (Å²) in [7, 11) is 0. The van der Waals surface area contributed by atoms with Gasteiger partial charge in [-0.1, -0.05) is 18.2 Å². The minimum absolute atomic E-state index is 0.729. The summed E-state index contributed by atoms with van der Waals surface area (Å²) in [6, 6.07) is 14.3. The molecule has 1 aliphatic heterocycles. The number of fused-ring (bicyclic) bond motifs is 1. The highest BCUT2D eigenvalue weighted by molar-refractivity contribution is 5.47. The molecule has 118 valence electrons. The van der Waals surface area contributed by atoms with Crippen molar-refractivity contribution >= 4 is 17.0 Å². The lowest BCUT2D eigenvalue weighted by atomic mass is 10.2. The Balaban J connectivity index is 1.44. The van der Waals surface area contributed by atoms with Gasteiger partial charge < -0.3 is 10.6 Å². The van der Waals surface area contributed by atoms with Crippen LogP contribution in [0.25, 0.3) is 5.65 Å². The Hall–Kier alpha value is -2.60. The number of nitrogens with zero attached hydrogens (tertiary/aromatic N) is 5. The molecule has 0 atom stereocenters. The van der Waals surface area contributed by atoms with E-state index in [1.807, 2.05) is 22.7 Å². The van der Waals surface area contributed by atoms with Crippen LogP contribution in [0.1, 0.15) is 5.82 Å². The van der Waals surface area contributed by atoms with Gasteiger partial charge in [-0.05, 0) is 24.3 Å². The van der Waals surface area contributed by atoms with E-state index in [0.29, 0.717) is 0 Å². The van der Waals surface area contributed by atoms with Gasteiger partial charge in [-0.15, -0.1) is 10.2 Å². The first kappa shape index (κ1) is 14.0. The smallest absolute Gasteiger partial charge is 0.160 e. The van der Waals surface area contributed by atoms with Gasteiger partial charge in [-0.3, -0.25) is 9.30 Å². The monoisotopic (exact) mass is 308 g/mol. The number of nitrogen functional groups attached to an aromatic ring is 1. The van der Waals surface area contributed by atoms with Crippen molar-refractivity contribution in [2.45, 2.75) is 6.54 Å². The molecule has 1 saturated heterocycles. The summed E-state index contributed by atoms with van der Waals surface area (Å²) in [6.07, 6.45) is 1.89. The Kier molecular flexibility index (Phi) is 3.59. The molecule has 0 unspecified atom stereocenters. The number of hydrogen-bond donors (Lipinski definition) is 1. The van der Waals surface area contributed by atoms with Gasteiger partial charge >= 0.3 is 0 Å². The normalized spacial score (nSPS) is 16.1. The van der Waals surface area contributed by atoms with E-state index in [9.17, 15) is 0 Å². The second-order valence-electron chi connectivity index (χ2n) is 5.91. The lowest BCUT2D eigenvalue weighted by Crippen LogP contribution is -2.46. The zero-order valence-electron chi connectivity index (χ0n) is 13.0. The lowest BCUT2D eigenvalue weighted by molar-refractivity contribution is 0.243. The van der Waals surface area contributed by atoms with Crippen molar-refractivity contribution in [3.8, 4) is 0 Å². The van der Waals surface area contributed by atoms with E-state index in [-0.39, 0.29) is 0 Å². The van der Waals surface area contributed by atoms with E-state index in [1.165, 1.54) is 5.69 Å². The maximum Gasteiger partial charge on any atom is 0.160 e. The van der Waals surface area contributed by atoms with E-state index < -0.39 is 0 Å². The largest absolute Gasteiger partial charge is 0.398 e. The molecule has 1 fully saturated rings. The van der Waals surface area contributed by atoms with E-state index in [2.05, 4.69) is 50.3 Å². The molecular weight excluding hydrogens is 288 g/mol. The van der Waals surface area contributed by atoms with Crippen LogP contribution in [0.15, 0.2) is 48.7 Å². The van der Waals surface area contributed by atoms with Gasteiger partial charge in [-0.2, -0.15) is 0 Å². The molecule has 1 aromatic carbocycles. The molecule has 1 aliphatic rings. The van der Waals surface area contributed by atoms with E-state index >= 15 is 0 Å². The topological polar surface area (TPSA) is 62.7 Å². The van der Waals surface area contributed by atoms with Crippen LogP contribution in [0.4, 0.5) is 11.4 Å². The molecule has 6 nitrogen and oxygen atoms in total. The van der Waals surface area contributed by atoms with Crippen molar-refractivity contribution in [3.05, 3.63) is 54.5 Å². The number of para-hydroxylation sites is 1. The lowest BCUT2D eigenvalue weighted by Gasteiger charge is -2.35. The highest BCUT2D eigenvalue weighted by Crippen LogP contribution is 2.17. The first-order chi connectivity index (χ1) is 11.3. The van der Waals surface area contributed by atoms with Crippen LogP contribution in [0.3, 0.4) is 0 Å². The van der Waals surface area contributed by atoms with Crippen LogP contribution in [-0.2, 0) is 6.54 Å². The quantitative estimate of drug-likeness (QED) is 0.797. The third-order valence-electron chi connectivity index (χ3n) is 4.35. The Morgan fingerprint density at radius 1 is 0.913 bits per heavy atom. The number of anilines is 2. The van der Waals surface area contributed by atoms with E-state index in [0.717, 1.165) is 49.9 Å². The molecule has 0 radical (unpaired) electrons. The molecule has 0 bridgehead atoms. The third kappa shape index (κ3) is 2.85. The van der Waals surface area contributed by atoms with Crippen LogP contribution >= 0.6 is 0 Å². The standard InChI is InChI=1S/C17H20N6/c18-14-6-7-16-19-20-17(23(16)12-14)13-21-8-10-22(11-9-21)15-4-2-1-3-5-15/h1-7,12H,8-11,13,18H2. The van der Waals surface area contributed by atoms with Crippen molar-refractivity contribution in [3.63, 3.8) is 0 Å². The molecule has 4 rings (SSSR count). The molecular formula is C17H20N6. The Bertz CT molecular complexity index is 789. The van der Waals surface area contributed by atoms with Gasteiger partial charge in [0.1, 0.15) is 0 Å². The Labute approximate surface area is 135 Å². The number of nitrogens with two attached hydrogens (primary N) is 1. The van der Waals surface area contributed by atoms with Gasteiger partial charge in [0, 0.05) is 43.8 Å². The molecule has 3 aromatic rings. The van der Waals surface area contributed by atoms with Gasteiger partial charge in [0.2, 0.25) is 0 Å². The van der Waals surface area contributed by atoms with Gasteiger partial charge in [0.15, 0.2) is 11.5 Å². The number of hydrogen-bond acceptors (Lipinski definition) is 5. The van der Waals surface area contributed by atoms with Crippen molar-refractivity contribution in [1.82, 2.24) is 19.5 Å². The van der Waals surface area contributed by atoms with Crippen LogP contribution in [0.2, 0.25) is 0 Å². The van der Waals surface area contributed by atoms with Crippen LogP contribution in [0.5, 0.6) is 0 Å². The number of benzene rings is 1. The van der Waals surface area contributed by atoms with Crippen LogP contribution in [-0.4, -0.2) is 45.7 Å². The van der Waals surface area contributed by atoms with Crippen molar-refractivity contribution in [2.24, 2.45) is 0 Å². The summed E-state index contributed by atoms with van der Waals surface area (Å²) in [4.78, 5) is 4.84. The average molecular weight is 308 g/mol. The molecule has 2 aromatic heterocycles. The molecule has 2 N–H and O–H groups in total. The molecule has 0 saturated carbocycles. The Morgan fingerprint density at radius 3 is 2.48 bits per heavy atom. The minimum Gasteiger partial charge on any atom is -0.398 e. The summed E-state index contributed by atoms with van der Waals surface area (Å²) in [5.41, 5.74) is 8.74. The molecule has 23 heavy (non-hydrogen) atoms. The number of aromatic nitrogens is 3. The average Bonchev–Trinajstić information content (AvgIpc) is 2.98. The van der Waals surface area contributed by atoms with Crippen LogP contribution < -0.4 is 10.6 Å². The Morgan fingerprint density at radius 2 is 1.70 bits per heavy atom. The fourth-order valence-corrected chi connectivity index (χ4v) is 3.07. The third-order valence-corrected chi connectivity index (χ3v) is 4.35. The van der Waals surface area contributed by atoms with Crippen LogP contribution in [0, 0.1) is 0 Å². The zero-order valence-corrected chi connectivity index (χ0v) is 13.0. The summed E-state index contributed by atoms with van der Waals surface area (Å²) in [5.74, 6) is 0.945. The molecule has 0 aliphatic carbocycles. The highest BCUT2D eigenvalue weighted by atomic mass is 15.3. The number of piperazine rings is 1. The molecule has 0 amide bonds. The van der Waals surface area contributed by atoms with Crippen molar-refractivity contribution in [1.29, 1.82) is 0 Å². The first-order valence-corrected chi connectivity index (χ1v) is 7.91. The minimum atomic E-state index is 0.729. The number of rotatable bonds is 3. The predicted molar refractivity (Wildman–Crippen MR) is 91.3 cm³/mol. The molecule has 6 heteroatoms. The van der Waals surface area contributed by atoms with Crippen molar-refractivity contribution in [2.75, 3.05) is 36.8 Å². The first-order valence-electron chi connectivity index (χ1n) is 7.91. The highest BCUT2D eigenvalue weighted by Gasteiger charge is 2.19. The number of pyridine rings is 1. The second kappa shape index (κ2) is 5.89. The summed E-state index contributed by atoms with van der Waals surface area (Å²) in [6.45, 7) is 4.90. The molecule has 0 spiro atoms. The zero-order chi connectivity index (χ0) is 15.6.